The van der Waals surface area contributed by atoms with Crippen LogP contribution in [0.4, 0.5) is 0 Å². The van der Waals surface area contributed by atoms with Gasteiger partial charge in [0.1, 0.15) is 0 Å². The summed E-state index contributed by atoms with van der Waals surface area (Å²) < 4.78 is 11.2. The molecule has 3 nitrogen and oxygen atoms in total. The maximum Gasteiger partial charge on any atom is 0.253 e. The standard InChI is InChI=1S/C14H21NO2S/c1-4-5-9-15(2)14(16)13-8-6-7-12(10-13)11-18(3)17/h6-8,10H,4-5,9,11H2,1-3H3. The first-order valence-corrected chi connectivity index (χ1v) is 7.91. The average Bonchev–Trinajstić information content (AvgIpc) is 2.34. The number of hydrogen-bond acceptors (Lipinski definition) is 2. The van der Waals surface area contributed by atoms with Crippen LogP contribution in [-0.2, 0) is 16.6 Å². The van der Waals surface area contributed by atoms with Crippen LogP contribution in [0.2, 0.25) is 0 Å². The van der Waals surface area contributed by atoms with Gasteiger partial charge in [-0.2, -0.15) is 0 Å². The Labute approximate surface area is 112 Å². The van der Waals surface area contributed by atoms with Crippen LogP contribution in [0.25, 0.3) is 0 Å². The lowest BCUT2D eigenvalue weighted by molar-refractivity contribution is 0.0793. The molecule has 1 amide bonds. The molecule has 0 heterocycles. The highest BCUT2D eigenvalue weighted by Crippen LogP contribution is 2.10. The number of carbonyl (C=O) groups is 1. The Balaban J connectivity index is 2.76. The van der Waals surface area contributed by atoms with Gasteiger partial charge in [0, 0.05) is 42.0 Å². The third-order valence-electron chi connectivity index (χ3n) is 2.74. The summed E-state index contributed by atoms with van der Waals surface area (Å²) >= 11 is 0. The van der Waals surface area contributed by atoms with E-state index in [0.29, 0.717) is 11.3 Å². The van der Waals surface area contributed by atoms with E-state index in [4.69, 9.17) is 0 Å². The quantitative estimate of drug-likeness (QED) is 0.794. The molecule has 0 fully saturated rings. The van der Waals surface area contributed by atoms with Crippen LogP contribution in [0.3, 0.4) is 0 Å². The summed E-state index contributed by atoms with van der Waals surface area (Å²) in [7, 11) is 0.944. The molecule has 0 N–H and O–H groups in total. The van der Waals surface area contributed by atoms with Gasteiger partial charge < -0.3 is 4.90 Å². The molecule has 0 saturated carbocycles. The second-order valence-corrected chi connectivity index (χ2v) is 5.93. The fraction of sp³-hybridized carbons (Fsp3) is 0.500. The van der Waals surface area contributed by atoms with Crippen molar-refractivity contribution in [2.24, 2.45) is 0 Å². The van der Waals surface area contributed by atoms with Crippen LogP contribution in [-0.4, -0.2) is 34.9 Å². The molecular formula is C14H21NO2S. The summed E-state index contributed by atoms with van der Waals surface area (Å²) in [5.41, 5.74) is 1.63. The molecule has 0 saturated heterocycles. The first kappa shape index (κ1) is 14.9. The molecule has 0 aromatic heterocycles. The van der Waals surface area contributed by atoms with Gasteiger partial charge in [-0.3, -0.25) is 9.00 Å². The normalized spacial score (nSPS) is 12.2. The van der Waals surface area contributed by atoms with Crippen molar-refractivity contribution in [1.29, 1.82) is 0 Å². The molecule has 0 aliphatic heterocycles. The molecule has 0 radical (unpaired) electrons. The van der Waals surface area contributed by atoms with E-state index >= 15 is 0 Å². The highest BCUT2D eigenvalue weighted by atomic mass is 32.2. The third-order valence-corrected chi connectivity index (χ3v) is 3.48. The molecule has 100 valence electrons. The maximum atomic E-state index is 12.1. The highest BCUT2D eigenvalue weighted by molar-refractivity contribution is 7.83. The first-order valence-electron chi connectivity index (χ1n) is 6.19. The molecule has 18 heavy (non-hydrogen) atoms. The van der Waals surface area contributed by atoms with Gasteiger partial charge in [0.25, 0.3) is 5.91 Å². The van der Waals surface area contributed by atoms with Crippen molar-refractivity contribution in [2.45, 2.75) is 25.5 Å². The molecule has 0 bridgehead atoms. The third kappa shape index (κ3) is 4.61. The Morgan fingerprint density at radius 1 is 1.39 bits per heavy atom. The predicted octanol–water partition coefficient (Wildman–Crippen LogP) is 2.44. The molecule has 1 unspecified atom stereocenters. The van der Waals surface area contributed by atoms with Crippen molar-refractivity contribution in [2.75, 3.05) is 19.8 Å². The summed E-state index contributed by atoms with van der Waals surface area (Å²) in [6.07, 6.45) is 3.76. The maximum absolute atomic E-state index is 12.1. The molecule has 1 rings (SSSR count). The number of amides is 1. The molecule has 1 atom stereocenters. The number of benzene rings is 1. The highest BCUT2D eigenvalue weighted by Gasteiger charge is 2.11. The Morgan fingerprint density at radius 2 is 2.11 bits per heavy atom. The molecule has 4 heteroatoms. The lowest BCUT2D eigenvalue weighted by Gasteiger charge is -2.17. The largest absolute Gasteiger partial charge is 0.342 e. The smallest absolute Gasteiger partial charge is 0.253 e. The molecule has 0 aliphatic rings. The summed E-state index contributed by atoms with van der Waals surface area (Å²) in [6.45, 7) is 2.88. The van der Waals surface area contributed by atoms with Gasteiger partial charge in [-0.05, 0) is 24.1 Å². The number of unbranched alkanes of at least 4 members (excludes halogenated alkanes) is 1. The predicted molar refractivity (Wildman–Crippen MR) is 76.1 cm³/mol. The summed E-state index contributed by atoms with van der Waals surface area (Å²) in [5.74, 6) is 0.534. The van der Waals surface area contributed by atoms with Crippen molar-refractivity contribution in [3.8, 4) is 0 Å². The van der Waals surface area contributed by atoms with Crippen LogP contribution < -0.4 is 0 Å². The van der Waals surface area contributed by atoms with Gasteiger partial charge in [0.2, 0.25) is 0 Å². The number of hydrogen-bond donors (Lipinski definition) is 0. The van der Waals surface area contributed by atoms with Crippen LogP contribution in [0.1, 0.15) is 35.7 Å². The van der Waals surface area contributed by atoms with Crippen LogP contribution in [0.15, 0.2) is 24.3 Å². The van der Waals surface area contributed by atoms with E-state index in [-0.39, 0.29) is 5.91 Å². The van der Waals surface area contributed by atoms with Crippen molar-refractivity contribution < 1.29 is 9.00 Å². The monoisotopic (exact) mass is 267 g/mol. The van der Waals surface area contributed by atoms with E-state index < -0.39 is 10.8 Å². The van der Waals surface area contributed by atoms with Crippen molar-refractivity contribution in [3.63, 3.8) is 0 Å². The van der Waals surface area contributed by atoms with Gasteiger partial charge in [-0.25, -0.2) is 0 Å². The van der Waals surface area contributed by atoms with Crippen LogP contribution in [0, 0.1) is 0 Å². The molecule has 0 aliphatic carbocycles. The average molecular weight is 267 g/mol. The van der Waals surface area contributed by atoms with E-state index in [1.165, 1.54) is 0 Å². The minimum atomic E-state index is -0.878. The lowest BCUT2D eigenvalue weighted by atomic mass is 10.1. The van der Waals surface area contributed by atoms with E-state index in [0.717, 1.165) is 24.9 Å². The minimum absolute atomic E-state index is 0.0344. The van der Waals surface area contributed by atoms with E-state index in [9.17, 15) is 9.00 Å². The van der Waals surface area contributed by atoms with Crippen molar-refractivity contribution in [1.82, 2.24) is 4.90 Å². The summed E-state index contributed by atoms with van der Waals surface area (Å²) in [4.78, 5) is 13.9. The van der Waals surface area contributed by atoms with Gasteiger partial charge in [-0.1, -0.05) is 25.5 Å². The van der Waals surface area contributed by atoms with Gasteiger partial charge >= 0.3 is 0 Å². The van der Waals surface area contributed by atoms with Gasteiger partial charge in [-0.15, -0.1) is 0 Å². The SMILES string of the molecule is CCCCN(C)C(=O)c1cccc(CS(C)=O)c1. The number of carbonyl (C=O) groups excluding carboxylic acids is 1. The second-order valence-electron chi connectivity index (χ2n) is 4.50. The Hall–Kier alpha value is -1.16. The van der Waals surface area contributed by atoms with Gasteiger partial charge in [0.05, 0.1) is 0 Å². The molecular weight excluding hydrogens is 246 g/mol. The topological polar surface area (TPSA) is 37.4 Å². The van der Waals surface area contributed by atoms with E-state index in [2.05, 4.69) is 6.92 Å². The first-order chi connectivity index (χ1) is 8.54. The summed E-state index contributed by atoms with van der Waals surface area (Å²) in [5, 5.41) is 0. The second kappa shape index (κ2) is 7.31. The van der Waals surface area contributed by atoms with Crippen molar-refractivity contribution >= 4 is 16.7 Å². The minimum Gasteiger partial charge on any atom is -0.342 e. The lowest BCUT2D eigenvalue weighted by Crippen LogP contribution is -2.27. The Bertz CT molecular complexity index is 432. The Kier molecular flexibility index (Phi) is 6.05. The van der Waals surface area contributed by atoms with Crippen molar-refractivity contribution in [3.05, 3.63) is 35.4 Å². The zero-order valence-corrected chi connectivity index (χ0v) is 12.1. The van der Waals surface area contributed by atoms with Gasteiger partial charge in [0.15, 0.2) is 0 Å². The molecule has 1 aromatic rings. The fourth-order valence-corrected chi connectivity index (χ4v) is 2.40. The van der Waals surface area contributed by atoms with Crippen LogP contribution in [0.5, 0.6) is 0 Å². The Morgan fingerprint density at radius 3 is 2.72 bits per heavy atom. The number of rotatable bonds is 6. The van der Waals surface area contributed by atoms with Crippen LogP contribution >= 0.6 is 0 Å². The molecule has 0 spiro atoms. The van der Waals surface area contributed by atoms with E-state index in [1.807, 2.05) is 31.3 Å². The number of nitrogens with zero attached hydrogens (tertiary/aromatic N) is 1. The summed E-state index contributed by atoms with van der Waals surface area (Å²) in [6, 6.07) is 7.41. The fourth-order valence-electron chi connectivity index (χ4n) is 1.75. The van der Waals surface area contributed by atoms with E-state index in [1.54, 1.807) is 11.2 Å². The molecule has 1 aromatic carbocycles. The zero-order chi connectivity index (χ0) is 13.5. The zero-order valence-electron chi connectivity index (χ0n) is 11.3.